The summed E-state index contributed by atoms with van der Waals surface area (Å²) in [5.41, 5.74) is 6.26. The van der Waals surface area contributed by atoms with Gasteiger partial charge in [0.05, 0.1) is 25.2 Å². The number of nitro benzene ring substituents is 1. The molecule has 0 heterocycles. The Hall–Kier alpha value is -2.51. The van der Waals surface area contributed by atoms with Crippen molar-refractivity contribution in [3.8, 4) is 11.5 Å². The minimum Gasteiger partial charge on any atom is -0.493 e. The van der Waals surface area contributed by atoms with Crippen molar-refractivity contribution < 1.29 is 14.4 Å². The molecule has 0 saturated heterocycles. The lowest BCUT2D eigenvalue weighted by atomic mass is 10.1. The van der Waals surface area contributed by atoms with E-state index < -0.39 is 10.8 Å². The fourth-order valence-corrected chi connectivity index (χ4v) is 1.27. The predicted molar refractivity (Wildman–Crippen MR) is 58.2 cm³/mol. The Bertz CT molecular complexity index is 486. The standard InChI is InChI=1S/C9H10N4O4/c1-16-7-3-5(9(10)12-11)6(13(14)15)4-8(7)17-2/h3-4,10-11H,1-2H3. The van der Waals surface area contributed by atoms with Crippen LogP contribution in [0, 0.1) is 21.1 Å². The molecule has 17 heavy (non-hydrogen) atoms. The van der Waals surface area contributed by atoms with Gasteiger partial charge in [-0.25, -0.2) is 5.53 Å². The number of benzene rings is 1. The summed E-state index contributed by atoms with van der Waals surface area (Å²) in [6, 6.07) is 2.38. The van der Waals surface area contributed by atoms with Crippen molar-refractivity contribution in [2.45, 2.75) is 0 Å². The van der Waals surface area contributed by atoms with Crippen LogP contribution in [0.3, 0.4) is 0 Å². The van der Waals surface area contributed by atoms with Gasteiger partial charge in [-0.1, -0.05) is 0 Å². The highest BCUT2D eigenvalue weighted by Crippen LogP contribution is 2.34. The Labute approximate surface area is 96.3 Å². The lowest BCUT2D eigenvalue weighted by molar-refractivity contribution is -0.385. The third kappa shape index (κ3) is 2.36. The van der Waals surface area contributed by atoms with Gasteiger partial charge in [-0.15, -0.1) is 5.11 Å². The fourth-order valence-electron chi connectivity index (χ4n) is 1.27. The summed E-state index contributed by atoms with van der Waals surface area (Å²) in [4.78, 5) is 10.1. The Kier molecular flexibility index (Phi) is 3.70. The number of nitrogens with one attached hydrogen (secondary N) is 2. The van der Waals surface area contributed by atoms with E-state index in [4.69, 9.17) is 20.4 Å². The molecule has 0 radical (unpaired) electrons. The first-order valence-electron chi connectivity index (χ1n) is 4.42. The number of nitro groups is 1. The second-order valence-electron chi connectivity index (χ2n) is 2.94. The average molecular weight is 238 g/mol. The van der Waals surface area contributed by atoms with E-state index in [1.54, 1.807) is 0 Å². The fraction of sp³-hybridized carbons (Fsp3) is 0.222. The molecule has 0 aromatic heterocycles. The lowest BCUT2D eigenvalue weighted by Crippen LogP contribution is -2.03. The van der Waals surface area contributed by atoms with E-state index in [2.05, 4.69) is 5.11 Å². The van der Waals surface area contributed by atoms with Gasteiger partial charge in [0, 0.05) is 6.07 Å². The topological polar surface area (TPSA) is 122 Å². The smallest absolute Gasteiger partial charge is 0.284 e. The van der Waals surface area contributed by atoms with Gasteiger partial charge in [0.1, 0.15) is 5.56 Å². The monoisotopic (exact) mass is 238 g/mol. The Balaban J connectivity index is 3.50. The highest BCUT2D eigenvalue weighted by Gasteiger charge is 2.22. The largest absolute Gasteiger partial charge is 0.493 e. The number of hydrogen-bond acceptors (Lipinski definition) is 6. The first-order valence-corrected chi connectivity index (χ1v) is 4.42. The van der Waals surface area contributed by atoms with Crippen LogP contribution in [0.25, 0.3) is 0 Å². The van der Waals surface area contributed by atoms with Crippen LogP contribution in [0.4, 0.5) is 5.69 Å². The Morgan fingerprint density at radius 2 is 1.88 bits per heavy atom. The van der Waals surface area contributed by atoms with Gasteiger partial charge in [-0.05, 0) is 0 Å². The number of hydrogen-bond donors (Lipinski definition) is 2. The molecule has 0 bridgehead atoms. The molecule has 0 saturated carbocycles. The van der Waals surface area contributed by atoms with Crippen LogP contribution in [0.5, 0.6) is 11.5 Å². The van der Waals surface area contributed by atoms with Crippen LogP contribution in [0.2, 0.25) is 0 Å². The van der Waals surface area contributed by atoms with Crippen molar-refractivity contribution in [2.75, 3.05) is 14.2 Å². The molecule has 8 heteroatoms. The predicted octanol–water partition coefficient (Wildman–Crippen LogP) is 1.97. The zero-order valence-electron chi connectivity index (χ0n) is 9.18. The molecule has 90 valence electrons. The van der Waals surface area contributed by atoms with E-state index in [0.717, 1.165) is 6.07 Å². The SMILES string of the molecule is COc1cc(C(=N)N=N)c([N+](=O)[O-])cc1OC. The third-order valence-corrected chi connectivity index (χ3v) is 2.07. The zero-order valence-corrected chi connectivity index (χ0v) is 9.18. The maximum atomic E-state index is 10.8. The summed E-state index contributed by atoms with van der Waals surface area (Å²) in [5, 5.41) is 21.0. The van der Waals surface area contributed by atoms with Gasteiger partial charge < -0.3 is 9.47 Å². The van der Waals surface area contributed by atoms with Crippen LogP contribution in [-0.2, 0) is 0 Å². The van der Waals surface area contributed by atoms with Gasteiger partial charge in [-0.2, -0.15) is 0 Å². The Morgan fingerprint density at radius 1 is 1.35 bits per heavy atom. The van der Waals surface area contributed by atoms with Crippen molar-refractivity contribution >= 4 is 11.5 Å². The van der Waals surface area contributed by atoms with Gasteiger partial charge >= 0.3 is 0 Å². The average Bonchev–Trinajstić information content (AvgIpc) is 2.35. The van der Waals surface area contributed by atoms with Crippen LogP contribution < -0.4 is 9.47 Å². The van der Waals surface area contributed by atoms with E-state index in [1.165, 1.54) is 20.3 Å². The minimum atomic E-state index is -0.670. The molecule has 0 aliphatic rings. The number of ether oxygens (including phenoxy) is 2. The number of rotatable bonds is 4. The quantitative estimate of drug-likeness (QED) is 0.273. The normalized spacial score (nSPS) is 9.53. The van der Waals surface area contributed by atoms with Crippen LogP contribution in [-0.4, -0.2) is 25.0 Å². The van der Waals surface area contributed by atoms with Crippen LogP contribution in [0.1, 0.15) is 5.56 Å². The summed E-state index contributed by atoms with van der Waals surface area (Å²) in [5.74, 6) is -0.0973. The van der Waals surface area contributed by atoms with Crippen molar-refractivity contribution in [1.82, 2.24) is 0 Å². The summed E-state index contributed by atoms with van der Waals surface area (Å²) in [6.45, 7) is 0. The molecule has 8 nitrogen and oxygen atoms in total. The molecule has 0 fully saturated rings. The molecule has 0 spiro atoms. The van der Waals surface area contributed by atoms with Crippen molar-refractivity contribution in [3.05, 3.63) is 27.8 Å². The third-order valence-electron chi connectivity index (χ3n) is 2.07. The number of nitrogens with zero attached hydrogens (tertiary/aromatic N) is 2. The summed E-state index contributed by atoms with van der Waals surface area (Å²) >= 11 is 0. The molecule has 0 aliphatic carbocycles. The molecule has 0 amide bonds. The molecule has 0 atom stereocenters. The molecular formula is C9H10N4O4. The number of methoxy groups -OCH3 is 2. The van der Waals surface area contributed by atoms with Crippen molar-refractivity contribution in [1.29, 1.82) is 10.9 Å². The highest BCUT2D eigenvalue weighted by molar-refractivity contribution is 6.01. The van der Waals surface area contributed by atoms with Gasteiger partial charge in [-0.3, -0.25) is 15.5 Å². The maximum Gasteiger partial charge on any atom is 0.284 e. The van der Waals surface area contributed by atoms with E-state index in [-0.39, 0.29) is 22.7 Å². The minimum absolute atomic E-state index is 0.0948. The van der Waals surface area contributed by atoms with Crippen LogP contribution in [0.15, 0.2) is 17.2 Å². The molecule has 0 aliphatic heterocycles. The first kappa shape index (κ1) is 12.6. The Morgan fingerprint density at radius 3 is 2.29 bits per heavy atom. The molecule has 1 rings (SSSR count). The van der Waals surface area contributed by atoms with E-state index >= 15 is 0 Å². The molecular weight excluding hydrogens is 228 g/mol. The second-order valence-corrected chi connectivity index (χ2v) is 2.94. The first-order chi connectivity index (χ1) is 8.04. The van der Waals surface area contributed by atoms with Gasteiger partial charge in [0.15, 0.2) is 17.3 Å². The van der Waals surface area contributed by atoms with Crippen LogP contribution >= 0.6 is 0 Å². The van der Waals surface area contributed by atoms with Crippen molar-refractivity contribution in [3.63, 3.8) is 0 Å². The van der Waals surface area contributed by atoms with Crippen molar-refractivity contribution in [2.24, 2.45) is 5.11 Å². The zero-order chi connectivity index (χ0) is 13.0. The molecule has 0 unspecified atom stereocenters. The van der Waals surface area contributed by atoms with E-state index in [1.807, 2.05) is 0 Å². The summed E-state index contributed by atoms with van der Waals surface area (Å²) in [7, 11) is 2.72. The summed E-state index contributed by atoms with van der Waals surface area (Å²) < 4.78 is 9.88. The van der Waals surface area contributed by atoms with Gasteiger partial charge in [0.2, 0.25) is 0 Å². The molecule has 2 N–H and O–H groups in total. The number of amidine groups is 1. The van der Waals surface area contributed by atoms with E-state index in [0.29, 0.717) is 0 Å². The van der Waals surface area contributed by atoms with Gasteiger partial charge in [0.25, 0.3) is 5.69 Å². The maximum absolute atomic E-state index is 10.8. The summed E-state index contributed by atoms with van der Waals surface area (Å²) in [6.07, 6.45) is 0. The lowest BCUT2D eigenvalue weighted by Gasteiger charge is -2.09. The highest BCUT2D eigenvalue weighted by atomic mass is 16.6. The van der Waals surface area contributed by atoms with E-state index in [9.17, 15) is 10.1 Å². The second kappa shape index (κ2) is 5.01. The molecule has 1 aromatic carbocycles. The molecule has 1 aromatic rings.